The summed E-state index contributed by atoms with van der Waals surface area (Å²) in [7, 11) is 0. The Balaban J connectivity index is 2.27. The Hall–Kier alpha value is -0.900. The van der Waals surface area contributed by atoms with Crippen LogP contribution in [-0.2, 0) is 6.54 Å². The maximum atomic E-state index is 6.22. The number of nitrogens with zero attached hydrogens (tertiary/aromatic N) is 2. The van der Waals surface area contributed by atoms with Crippen LogP contribution < -0.4 is 5.32 Å². The van der Waals surface area contributed by atoms with Gasteiger partial charge < -0.3 is 5.32 Å². The smallest absolute Gasteiger partial charge is 0.0828 e. The molecule has 0 aliphatic carbocycles. The van der Waals surface area contributed by atoms with Crippen LogP contribution in [0, 0.1) is 13.8 Å². The van der Waals surface area contributed by atoms with Gasteiger partial charge in [0.2, 0.25) is 0 Å². The lowest BCUT2D eigenvalue weighted by atomic mass is 10.2. The van der Waals surface area contributed by atoms with Gasteiger partial charge in [0.05, 0.1) is 27.1 Å². The van der Waals surface area contributed by atoms with E-state index in [1.165, 1.54) is 0 Å². The summed E-state index contributed by atoms with van der Waals surface area (Å²) in [4.78, 5) is 0. The molecular formula is C15H18Cl3N3. The highest BCUT2D eigenvalue weighted by Gasteiger charge is 2.15. The first-order valence-electron chi connectivity index (χ1n) is 6.74. The molecular weight excluding hydrogens is 329 g/mol. The number of benzene rings is 1. The van der Waals surface area contributed by atoms with E-state index >= 15 is 0 Å². The predicted octanol–water partition coefficient (Wildman–Crippen LogP) is 5.65. The van der Waals surface area contributed by atoms with Crippen molar-refractivity contribution in [2.75, 3.05) is 5.32 Å². The number of aromatic nitrogens is 2. The van der Waals surface area contributed by atoms with Crippen LogP contribution >= 0.6 is 34.8 Å². The molecule has 0 bridgehead atoms. The molecule has 21 heavy (non-hydrogen) atoms. The van der Waals surface area contributed by atoms with Crippen LogP contribution in [0.1, 0.15) is 36.8 Å². The third kappa shape index (κ3) is 3.31. The molecule has 0 fully saturated rings. The van der Waals surface area contributed by atoms with Gasteiger partial charge >= 0.3 is 0 Å². The molecule has 2 rings (SSSR count). The van der Waals surface area contributed by atoms with Crippen LogP contribution in [0.25, 0.3) is 0 Å². The van der Waals surface area contributed by atoms with Crippen molar-refractivity contribution in [3.63, 3.8) is 0 Å². The normalized spacial score (nSPS) is 11.2. The lowest BCUT2D eigenvalue weighted by molar-refractivity contribution is 0.516. The van der Waals surface area contributed by atoms with E-state index < -0.39 is 0 Å². The van der Waals surface area contributed by atoms with Crippen molar-refractivity contribution in [3.05, 3.63) is 44.2 Å². The Kier molecular flexibility index (Phi) is 5.07. The summed E-state index contributed by atoms with van der Waals surface area (Å²) < 4.78 is 2.00. The van der Waals surface area contributed by atoms with Crippen LogP contribution in [0.3, 0.4) is 0 Å². The monoisotopic (exact) mass is 345 g/mol. The first-order valence-corrected chi connectivity index (χ1v) is 7.88. The summed E-state index contributed by atoms with van der Waals surface area (Å²) >= 11 is 18.5. The van der Waals surface area contributed by atoms with Crippen molar-refractivity contribution in [2.45, 2.75) is 40.3 Å². The van der Waals surface area contributed by atoms with Crippen LogP contribution in [0.15, 0.2) is 12.1 Å². The zero-order valence-electron chi connectivity index (χ0n) is 12.5. The second-order valence-corrected chi connectivity index (χ2v) is 6.45. The Labute approximate surface area is 140 Å². The van der Waals surface area contributed by atoms with Crippen LogP contribution in [-0.4, -0.2) is 9.78 Å². The number of rotatable bonds is 4. The SMILES string of the molecule is Cc1nn(C(C)C)c(C)c1NCc1c(Cl)ccc(Cl)c1Cl. The summed E-state index contributed by atoms with van der Waals surface area (Å²) in [5.74, 6) is 0. The maximum Gasteiger partial charge on any atom is 0.0828 e. The average Bonchev–Trinajstić information content (AvgIpc) is 2.70. The summed E-state index contributed by atoms with van der Waals surface area (Å²) in [5.41, 5.74) is 3.85. The zero-order valence-corrected chi connectivity index (χ0v) is 14.7. The average molecular weight is 347 g/mol. The summed E-state index contributed by atoms with van der Waals surface area (Å²) in [6.45, 7) is 8.74. The van der Waals surface area contributed by atoms with Gasteiger partial charge in [-0.3, -0.25) is 4.68 Å². The fourth-order valence-corrected chi connectivity index (χ4v) is 3.01. The Morgan fingerprint density at radius 1 is 1.14 bits per heavy atom. The molecule has 1 aromatic carbocycles. The molecule has 0 unspecified atom stereocenters. The predicted molar refractivity (Wildman–Crippen MR) is 90.9 cm³/mol. The molecule has 0 saturated carbocycles. The van der Waals surface area contributed by atoms with Crippen LogP contribution in [0.4, 0.5) is 5.69 Å². The van der Waals surface area contributed by atoms with Crippen molar-refractivity contribution >= 4 is 40.5 Å². The number of anilines is 1. The lowest BCUT2D eigenvalue weighted by Gasteiger charge is -2.12. The minimum atomic E-state index is 0.317. The Bertz CT molecular complexity index is 663. The molecule has 2 aromatic rings. The van der Waals surface area contributed by atoms with Gasteiger partial charge in [0.15, 0.2) is 0 Å². The third-order valence-corrected chi connectivity index (χ3v) is 4.59. The second kappa shape index (κ2) is 6.47. The highest BCUT2D eigenvalue weighted by molar-refractivity contribution is 6.44. The van der Waals surface area contributed by atoms with Crippen LogP contribution in [0.2, 0.25) is 15.1 Å². The molecule has 0 radical (unpaired) electrons. The molecule has 0 saturated heterocycles. The fraction of sp³-hybridized carbons (Fsp3) is 0.400. The molecule has 0 atom stereocenters. The minimum Gasteiger partial charge on any atom is -0.378 e. The fourth-order valence-electron chi connectivity index (χ4n) is 2.33. The standard InChI is InChI=1S/C15H18Cl3N3/c1-8(2)21-10(4)15(9(3)20-21)19-7-11-12(16)5-6-13(17)14(11)18/h5-6,8,19H,7H2,1-4H3. The van der Waals surface area contributed by atoms with Crippen LogP contribution in [0.5, 0.6) is 0 Å². The van der Waals surface area contributed by atoms with Gasteiger partial charge in [0.25, 0.3) is 0 Å². The topological polar surface area (TPSA) is 29.9 Å². The highest BCUT2D eigenvalue weighted by atomic mass is 35.5. The van der Waals surface area contributed by atoms with Crippen molar-refractivity contribution in [2.24, 2.45) is 0 Å². The molecule has 1 heterocycles. The summed E-state index contributed by atoms with van der Waals surface area (Å²) in [6.07, 6.45) is 0. The van der Waals surface area contributed by atoms with E-state index in [9.17, 15) is 0 Å². The number of halogens is 3. The highest BCUT2D eigenvalue weighted by Crippen LogP contribution is 2.32. The van der Waals surface area contributed by atoms with Gasteiger partial charge in [-0.2, -0.15) is 5.10 Å². The van der Waals surface area contributed by atoms with E-state index in [1.807, 2.05) is 18.5 Å². The van der Waals surface area contributed by atoms with Gasteiger partial charge in [-0.05, 0) is 39.8 Å². The first-order chi connectivity index (χ1) is 9.82. The zero-order chi connectivity index (χ0) is 15.7. The van der Waals surface area contributed by atoms with Crippen molar-refractivity contribution in [3.8, 4) is 0 Å². The van der Waals surface area contributed by atoms with Crippen molar-refractivity contribution in [1.82, 2.24) is 9.78 Å². The minimum absolute atomic E-state index is 0.317. The van der Waals surface area contributed by atoms with E-state index in [0.717, 1.165) is 22.6 Å². The van der Waals surface area contributed by atoms with Gasteiger partial charge in [0, 0.05) is 23.2 Å². The maximum absolute atomic E-state index is 6.22. The first kappa shape index (κ1) is 16.5. The van der Waals surface area contributed by atoms with Gasteiger partial charge in [-0.25, -0.2) is 0 Å². The van der Waals surface area contributed by atoms with Gasteiger partial charge in [0.1, 0.15) is 0 Å². The molecule has 3 nitrogen and oxygen atoms in total. The molecule has 1 N–H and O–H groups in total. The molecule has 0 aliphatic heterocycles. The van der Waals surface area contributed by atoms with E-state index in [1.54, 1.807) is 12.1 Å². The summed E-state index contributed by atoms with van der Waals surface area (Å²) in [5, 5.41) is 9.51. The largest absolute Gasteiger partial charge is 0.378 e. The number of hydrogen-bond acceptors (Lipinski definition) is 2. The molecule has 1 aromatic heterocycles. The van der Waals surface area contributed by atoms with Gasteiger partial charge in [-0.15, -0.1) is 0 Å². The molecule has 0 aliphatic rings. The second-order valence-electron chi connectivity index (χ2n) is 5.26. The Morgan fingerprint density at radius 2 is 1.76 bits per heavy atom. The number of nitrogens with one attached hydrogen (secondary N) is 1. The van der Waals surface area contributed by atoms with E-state index in [0.29, 0.717) is 27.7 Å². The third-order valence-electron chi connectivity index (χ3n) is 3.39. The summed E-state index contributed by atoms with van der Waals surface area (Å²) in [6, 6.07) is 3.77. The molecule has 0 amide bonds. The number of hydrogen-bond donors (Lipinski definition) is 1. The quantitative estimate of drug-likeness (QED) is 0.725. The van der Waals surface area contributed by atoms with E-state index in [2.05, 4.69) is 24.3 Å². The Morgan fingerprint density at radius 3 is 2.33 bits per heavy atom. The molecule has 0 spiro atoms. The molecule has 114 valence electrons. The number of aryl methyl sites for hydroxylation is 1. The van der Waals surface area contributed by atoms with E-state index in [-0.39, 0.29) is 0 Å². The van der Waals surface area contributed by atoms with Gasteiger partial charge in [-0.1, -0.05) is 34.8 Å². The van der Waals surface area contributed by atoms with Crippen molar-refractivity contribution in [1.29, 1.82) is 0 Å². The van der Waals surface area contributed by atoms with E-state index in [4.69, 9.17) is 34.8 Å². The lowest BCUT2D eigenvalue weighted by Crippen LogP contribution is -2.06. The molecule has 6 heteroatoms. The van der Waals surface area contributed by atoms with Crippen molar-refractivity contribution < 1.29 is 0 Å².